The molecule has 0 fully saturated rings. The first-order valence-corrected chi connectivity index (χ1v) is 8.28. The molecule has 6 heteroatoms. The fourth-order valence-corrected chi connectivity index (χ4v) is 2.41. The first-order chi connectivity index (χ1) is 12.3. The van der Waals surface area contributed by atoms with E-state index in [0.29, 0.717) is 5.56 Å². The van der Waals surface area contributed by atoms with Crippen LogP contribution in [0.15, 0.2) is 42.5 Å². The summed E-state index contributed by atoms with van der Waals surface area (Å²) < 4.78 is 31.6. The molecular weight excluding hydrogens is 340 g/mol. The minimum absolute atomic E-state index is 0.0294. The Morgan fingerprint density at radius 1 is 1.04 bits per heavy atom. The molecule has 0 aliphatic carbocycles. The minimum Gasteiger partial charge on any atom is -0.463 e. The topological polar surface area (TPSA) is 55.4 Å². The van der Waals surface area contributed by atoms with Crippen molar-refractivity contribution in [2.75, 3.05) is 0 Å². The summed E-state index contributed by atoms with van der Waals surface area (Å²) in [4.78, 5) is 24.4. The second kappa shape index (κ2) is 8.56. The third-order valence-electron chi connectivity index (χ3n) is 3.70. The molecule has 4 nitrogen and oxygen atoms in total. The number of benzene rings is 2. The highest BCUT2D eigenvalue weighted by molar-refractivity contribution is 5.94. The van der Waals surface area contributed by atoms with Crippen molar-refractivity contribution >= 4 is 11.9 Å². The van der Waals surface area contributed by atoms with Gasteiger partial charge in [-0.1, -0.05) is 29.8 Å². The largest absolute Gasteiger partial charge is 0.463 e. The van der Waals surface area contributed by atoms with Crippen molar-refractivity contribution in [2.45, 2.75) is 39.3 Å². The maximum Gasteiger partial charge on any atom is 0.308 e. The van der Waals surface area contributed by atoms with E-state index in [-0.39, 0.29) is 18.1 Å². The maximum atomic E-state index is 13.4. The van der Waals surface area contributed by atoms with Crippen LogP contribution in [0.3, 0.4) is 0 Å². The van der Waals surface area contributed by atoms with Gasteiger partial charge in [-0.3, -0.25) is 9.59 Å². The molecule has 0 spiro atoms. The van der Waals surface area contributed by atoms with E-state index in [0.717, 1.165) is 17.7 Å². The second-order valence-electron chi connectivity index (χ2n) is 6.31. The van der Waals surface area contributed by atoms with E-state index >= 15 is 0 Å². The Morgan fingerprint density at radius 2 is 1.69 bits per heavy atom. The van der Waals surface area contributed by atoms with E-state index in [1.807, 2.05) is 19.1 Å². The SMILES string of the molecule is Cc1ccc(C(CC(=O)OC(C)C)NC(=O)c2ccc(F)c(F)c2)cc1. The smallest absolute Gasteiger partial charge is 0.308 e. The fraction of sp³-hybridized carbons (Fsp3) is 0.300. The Bertz CT molecular complexity index is 788. The molecule has 0 aliphatic rings. The molecule has 0 saturated carbocycles. The lowest BCUT2D eigenvalue weighted by Gasteiger charge is -2.20. The molecule has 0 aromatic heterocycles. The highest BCUT2D eigenvalue weighted by Crippen LogP contribution is 2.20. The van der Waals surface area contributed by atoms with Crippen LogP contribution in [0.25, 0.3) is 0 Å². The summed E-state index contributed by atoms with van der Waals surface area (Å²) >= 11 is 0. The number of aryl methyl sites for hydroxylation is 1. The van der Waals surface area contributed by atoms with Crippen molar-refractivity contribution in [1.29, 1.82) is 0 Å². The van der Waals surface area contributed by atoms with E-state index in [1.165, 1.54) is 6.07 Å². The zero-order valence-corrected chi connectivity index (χ0v) is 14.9. The zero-order chi connectivity index (χ0) is 19.3. The lowest BCUT2D eigenvalue weighted by Crippen LogP contribution is -2.31. The fourth-order valence-electron chi connectivity index (χ4n) is 2.41. The van der Waals surface area contributed by atoms with Crippen molar-refractivity contribution in [2.24, 2.45) is 0 Å². The maximum absolute atomic E-state index is 13.4. The van der Waals surface area contributed by atoms with Gasteiger partial charge in [-0.05, 0) is 44.5 Å². The molecule has 2 aromatic carbocycles. The lowest BCUT2D eigenvalue weighted by atomic mass is 10.0. The monoisotopic (exact) mass is 361 g/mol. The quantitative estimate of drug-likeness (QED) is 0.789. The highest BCUT2D eigenvalue weighted by Gasteiger charge is 2.21. The van der Waals surface area contributed by atoms with Crippen LogP contribution in [0, 0.1) is 18.6 Å². The first-order valence-electron chi connectivity index (χ1n) is 8.28. The van der Waals surface area contributed by atoms with Crippen molar-refractivity contribution in [1.82, 2.24) is 5.32 Å². The molecule has 2 aromatic rings. The standard InChI is InChI=1S/C20H21F2NO3/c1-12(2)26-19(24)11-18(14-6-4-13(3)5-7-14)23-20(25)15-8-9-16(21)17(22)10-15/h4-10,12,18H,11H2,1-3H3,(H,23,25). The van der Waals surface area contributed by atoms with Gasteiger partial charge in [0.2, 0.25) is 0 Å². The van der Waals surface area contributed by atoms with Crippen LogP contribution >= 0.6 is 0 Å². The molecule has 0 aliphatic heterocycles. The van der Waals surface area contributed by atoms with Gasteiger partial charge in [-0.15, -0.1) is 0 Å². The predicted octanol–water partition coefficient (Wildman–Crippen LogP) is 4.09. The van der Waals surface area contributed by atoms with E-state index < -0.39 is 29.6 Å². The van der Waals surface area contributed by atoms with Gasteiger partial charge in [0, 0.05) is 5.56 Å². The summed E-state index contributed by atoms with van der Waals surface area (Å²) in [5.41, 5.74) is 1.72. The van der Waals surface area contributed by atoms with Crippen LogP contribution in [0.2, 0.25) is 0 Å². The minimum atomic E-state index is -1.11. The normalized spacial score (nSPS) is 11.9. The number of carbonyl (C=O) groups is 2. The summed E-state index contributed by atoms with van der Waals surface area (Å²) in [6.45, 7) is 5.39. The number of hydrogen-bond acceptors (Lipinski definition) is 3. The van der Waals surface area contributed by atoms with Crippen LogP contribution in [0.1, 0.15) is 47.8 Å². The molecule has 1 amide bonds. The molecule has 2 rings (SSSR count). The van der Waals surface area contributed by atoms with Crippen LogP contribution < -0.4 is 5.32 Å². The molecule has 0 heterocycles. The number of amides is 1. The number of carbonyl (C=O) groups excluding carboxylic acids is 2. The van der Waals surface area contributed by atoms with Crippen molar-refractivity contribution < 1.29 is 23.1 Å². The predicted molar refractivity (Wildman–Crippen MR) is 93.6 cm³/mol. The highest BCUT2D eigenvalue weighted by atomic mass is 19.2. The van der Waals surface area contributed by atoms with Crippen LogP contribution in [-0.4, -0.2) is 18.0 Å². The molecule has 1 unspecified atom stereocenters. The first kappa shape index (κ1) is 19.6. The van der Waals surface area contributed by atoms with Crippen LogP contribution in [-0.2, 0) is 9.53 Å². The summed E-state index contributed by atoms with van der Waals surface area (Å²) in [6.07, 6.45) is -0.348. The van der Waals surface area contributed by atoms with Gasteiger partial charge in [0.25, 0.3) is 5.91 Å². The number of ether oxygens (including phenoxy) is 1. The Morgan fingerprint density at radius 3 is 2.27 bits per heavy atom. The third kappa shape index (κ3) is 5.37. The van der Waals surface area contributed by atoms with Gasteiger partial charge in [-0.2, -0.15) is 0 Å². The number of hydrogen-bond donors (Lipinski definition) is 1. The van der Waals surface area contributed by atoms with Crippen molar-refractivity contribution in [3.63, 3.8) is 0 Å². The number of esters is 1. The Kier molecular flexibility index (Phi) is 6.44. The van der Waals surface area contributed by atoms with E-state index in [9.17, 15) is 18.4 Å². The Labute approximate surface area is 151 Å². The lowest BCUT2D eigenvalue weighted by molar-refractivity contribution is -0.147. The molecular formula is C20H21F2NO3. The van der Waals surface area contributed by atoms with Crippen LogP contribution in [0.5, 0.6) is 0 Å². The van der Waals surface area contributed by atoms with Gasteiger partial charge in [0.1, 0.15) is 0 Å². The van der Waals surface area contributed by atoms with Gasteiger partial charge in [-0.25, -0.2) is 8.78 Å². The van der Waals surface area contributed by atoms with Gasteiger partial charge < -0.3 is 10.1 Å². The summed E-state index contributed by atoms with van der Waals surface area (Å²) in [5, 5.41) is 2.69. The molecule has 0 radical (unpaired) electrons. The molecule has 1 N–H and O–H groups in total. The summed E-state index contributed by atoms with van der Waals surface area (Å²) in [7, 11) is 0. The summed E-state index contributed by atoms with van der Waals surface area (Å²) in [5.74, 6) is -3.20. The third-order valence-corrected chi connectivity index (χ3v) is 3.70. The molecule has 1 atom stereocenters. The number of halogens is 2. The Balaban J connectivity index is 2.22. The van der Waals surface area contributed by atoms with Crippen LogP contribution in [0.4, 0.5) is 8.78 Å². The van der Waals surface area contributed by atoms with Crippen molar-refractivity contribution in [3.8, 4) is 0 Å². The van der Waals surface area contributed by atoms with E-state index in [1.54, 1.807) is 26.0 Å². The van der Waals surface area contributed by atoms with Gasteiger partial charge in [0.15, 0.2) is 11.6 Å². The molecule has 26 heavy (non-hydrogen) atoms. The molecule has 138 valence electrons. The average molecular weight is 361 g/mol. The van der Waals surface area contributed by atoms with E-state index in [4.69, 9.17) is 4.74 Å². The number of rotatable bonds is 6. The van der Waals surface area contributed by atoms with E-state index in [2.05, 4.69) is 5.32 Å². The molecule has 0 saturated heterocycles. The van der Waals surface area contributed by atoms with Crippen molar-refractivity contribution in [3.05, 3.63) is 70.8 Å². The molecule has 0 bridgehead atoms. The van der Waals surface area contributed by atoms with Gasteiger partial charge >= 0.3 is 5.97 Å². The Hall–Kier alpha value is -2.76. The zero-order valence-electron chi connectivity index (χ0n) is 14.9. The average Bonchev–Trinajstić information content (AvgIpc) is 2.56. The summed E-state index contributed by atoms with van der Waals surface area (Å²) in [6, 6.07) is 9.57. The number of nitrogens with one attached hydrogen (secondary N) is 1. The van der Waals surface area contributed by atoms with Gasteiger partial charge in [0.05, 0.1) is 18.6 Å². The second-order valence-corrected chi connectivity index (χ2v) is 6.31.